The number of aliphatic carboxylic acids is 1. The minimum absolute atomic E-state index is 0.00978. The van der Waals surface area contributed by atoms with Crippen molar-refractivity contribution in [2.24, 2.45) is 5.73 Å². The third kappa shape index (κ3) is 11.8. The molecule has 0 radical (unpaired) electrons. The van der Waals surface area contributed by atoms with Gasteiger partial charge in [-0.15, -0.1) is 0 Å². The Bertz CT molecular complexity index is 286. The lowest BCUT2D eigenvalue weighted by Gasteiger charge is -2.07. The van der Waals surface area contributed by atoms with Gasteiger partial charge in [0.05, 0.1) is 18.6 Å². The third-order valence-corrected chi connectivity index (χ3v) is 2.49. The van der Waals surface area contributed by atoms with Crippen molar-refractivity contribution in [1.82, 2.24) is 5.39 Å². The number of carboxylic acids is 1. The van der Waals surface area contributed by atoms with Crippen molar-refractivity contribution in [3.8, 4) is 0 Å². The molecular formula is C11H22N2O7. The SMILES string of the molecule is NC(CCC(=O)OCCCCCCON(O)O)C(=O)O. The molecule has 0 aliphatic heterocycles. The van der Waals surface area contributed by atoms with E-state index in [1.165, 1.54) is 0 Å². The fraction of sp³-hybridized carbons (Fsp3) is 0.818. The minimum atomic E-state index is -1.13. The molecule has 1 atom stereocenters. The van der Waals surface area contributed by atoms with Crippen LogP contribution in [0.2, 0.25) is 0 Å². The predicted octanol–water partition coefficient (Wildman–Crippen LogP) is 0.294. The van der Waals surface area contributed by atoms with E-state index in [4.69, 9.17) is 26.0 Å². The fourth-order valence-electron chi connectivity index (χ4n) is 1.36. The Morgan fingerprint density at radius 2 is 1.70 bits per heavy atom. The summed E-state index contributed by atoms with van der Waals surface area (Å²) in [6, 6.07) is -1.04. The Kier molecular flexibility index (Phi) is 10.8. The zero-order valence-corrected chi connectivity index (χ0v) is 11.2. The van der Waals surface area contributed by atoms with Gasteiger partial charge in [0.2, 0.25) is 0 Å². The van der Waals surface area contributed by atoms with Crippen LogP contribution in [-0.2, 0) is 19.2 Å². The molecule has 1 unspecified atom stereocenters. The van der Waals surface area contributed by atoms with E-state index in [1.54, 1.807) is 0 Å². The number of hydrogen-bond donors (Lipinski definition) is 4. The third-order valence-electron chi connectivity index (χ3n) is 2.49. The molecule has 0 spiro atoms. The molecule has 0 saturated carbocycles. The van der Waals surface area contributed by atoms with Crippen LogP contribution in [-0.4, -0.2) is 52.1 Å². The second-order valence-corrected chi connectivity index (χ2v) is 4.20. The topological polar surface area (TPSA) is 143 Å². The van der Waals surface area contributed by atoms with Crippen LogP contribution in [0.25, 0.3) is 0 Å². The van der Waals surface area contributed by atoms with Crippen molar-refractivity contribution in [1.29, 1.82) is 0 Å². The molecule has 20 heavy (non-hydrogen) atoms. The number of unbranched alkanes of at least 4 members (excludes halogenated alkanes) is 3. The zero-order valence-electron chi connectivity index (χ0n) is 11.2. The summed E-state index contributed by atoms with van der Waals surface area (Å²) in [6.45, 7) is 0.466. The summed E-state index contributed by atoms with van der Waals surface area (Å²) in [7, 11) is 0. The normalized spacial score (nSPS) is 12.4. The maximum Gasteiger partial charge on any atom is 0.320 e. The first-order chi connectivity index (χ1) is 9.43. The summed E-state index contributed by atoms with van der Waals surface area (Å²) < 4.78 is 4.91. The summed E-state index contributed by atoms with van der Waals surface area (Å²) in [5.41, 5.74) is 5.25. The lowest BCUT2D eigenvalue weighted by Crippen LogP contribution is -2.30. The van der Waals surface area contributed by atoms with Crippen LogP contribution in [0, 0.1) is 0 Å². The van der Waals surface area contributed by atoms with E-state index in [-0.39, 0.29) is 31.4 Å². The van der Waals surface area contributed by atoms with Gasteiger partial charge in [-0.2, -0.15) is 0 Å². The highest BCUT2D eigenvalue weighted by Gasteiger charge is 2.13. The molecule has 5 N–H and O–H groups in total. The molecule has 0 fully saturated rings. The van der Waals surface area contributed by atoms with E-state index >= 15 is 0 Å². The van der Waals surface area contributed by atoms with Crippen molar-refractivity contribution in [3.05, 3.63) is 0 Å². The monoisotopic (exact) mass is 294 g/mol. The molecule has 0 aromatic rings. The first-order valence-electron chi connectivity index (χ1n) is 6.38. The van der Waals surface area contributed by atoms with Crippen LogP contribution in [0.3, 0.4) is 0 Å². The van der Waals surface area contributed by atoms with Gasteiger partial charge >= 0.3 is 11.9 Å². The molecule has 0 rings (SSSR count). The highest BCUT2D eigenvalue weighted by Crippen LogP contribution is 2.03. The lowest BCUT2D eigenvalue weighted by atomic mass is 10.2. The highest BCUT2D eigenvalue weighted by molar-refractivity contribution is 5.75. The maximum atomic E-state index is 11.2. The quantitative estimate of drug-likeness (QED) is 0.227. The van der Waals surface area contributed by atoms with E-state index in [0.717, 1.165) is 12.8 Å². The van der Waals surface area contributed by atoms with Crippen molar-refractivity contribution in [2.75, 3.05) is 13.2 Å². The van der Waals surface area contributed by atoms with E-state index in [0.29, 0.717) is 12.8 Å². The average molecular weight is 294 g/mol. The van der Waals surface area contributed by atoms with Crippen molar-refractivity contribution >= 4 is 11.9 Å². The van der Waals surface area contributed by atoms with Gasteiger partial charge in [-0.05, 0) is 25.7 Å². The number of nitrogens with zero attached hydrogens (tertiary/aromatic N) is 1. The number of hydrogen-bond acceptors (Lipinski definition) is 8. The van der Waals surface area contributed by atoms with Gasteiger partial charge in [-0.25, -0.2) is 0 Å². The number of carbonyl (C=O) groups is 2. The van der Waals surface area contributed by atoms with Crippen molar-refractivity contribution < 1.29 is 34.7 Å². The summed E-state index contributed by atoms with van der Waals surface area (Å²) >= 11 is 0. The fourth-order valence-corrected chi connectivity index (χ4v) is 1.36. The Morgan fingerprint density at radius 3 is 2.25 bits per heavy atom. The van der Waals surface area contributed by atoms with Gasteiger partial charge in [0.25, 0.3) is 0 Å². The number of rotatable bonds is 12. The van der Waals surface area contributed by atoms with Crippen LogP contribution in [0.15, 0.2) is 0 Å². The van der Waals surface area contributed by atoms with E-state index in [2.05, 4.69) is 4.84 Å². The Morgan fingerprint density at radius 1 is 1.10 bits per heavy atom. The van der Waals surface area contributed by atoms with Crippen LogP contribution < -0.4 is 5.73 Å². The molecule has 9 nitrogen and oxygen atoms in total. The van der Waals surface area contributed by atoms with E-state index in [9.17, 15) is 9.59 Å². The van der Waals surface area contributed by atoms with E-state index in [1.807, 2.05) is 0 Å². The van der Waals surface area contributed by atoms with Gasteiger partial charge in [-0.3, -0.25) is 24.8 Å². The molecular weight excluding hydrogens is 272 g/mol. The van der Waals surface area contributed by atoms with Crippen LogP contribution >= 0.6 is 0 Å². The Labute approximate surface area is 116 Å². The number of esters is 1. The zero-order chi connectivity index (χ0) is 15.4. The number of carboxylic acid groups (broad SMARTS) is 1. The van der Waals surface area contributed by atoms with Gasteiger partial charge in [-0.1, -0.05) is 6.42 Å². The Hall–Kier alpha value is -1.26. The summed E-state index contributed by atoms with van der Waals surface area (Å²) in [6.07, 6.45) is 2.99. The molecule has 0 aliphatic rings. The summed E-state index contributed by atoms with van der Waals surface area (Å²) in [5.74, 6) is -1.59. The molecule has 0 heterocycles. The molecule has 0 aliphatic carbocycles. The number of nitrogens with two attached hydrogens (primary N) is 1. The average Bonchev–Trinajstić information content (AvgIpc) is 2.38. The van der Waals surface area contributed by atoms with Crippen LogP contribution in [0.5, 0.6) is 0 Å². The molecule has 0 amide bonds. The Balaban J connectivity index is 3.33. The minimum Gasteiger partial charge on any atom is -0.480 e. The summed E-state index contributed by atoms with van der Waals surface area (Å²) in [5, 5.41) is 24.7. The molecule has 0 aromatic carbocycles. The smallest absolute Gasteiger partial charge is 0.320 e. The van der Waals surface area contributed by atoms with Crippen LogP contribution in [0.4, 0.5) is 0 Å². The molecule has 0 aromatic heterocycles. The van der Waals surface area contributed by atoms with Crippen molar-refractivity contribution in [3.63, 3.8) is 0 Å². The standard InChI is InChI=1S/C11H22N2O7/c12-9(11(15)16)5-6-10(14)19-7-3-1-2-4-8-20-13(17)18/h9,17-18H,1-8,12H2,(H,15,16). The largest absolute Gasteiger partial charge is 0.480 e. The molecule has 118 valence electrons. The van der Waals surface area contributed by atoms with Crippen LogP contribution in [0.1, 0.15) is 38.5 Å². The first kappa shape index (κ1) is 18.7. The number of carbonyl (C=O) groups excluding carboxylic acids is 1. The second kappa shape index (κ2) is 11.6. The lowest BCUT2D eigenvalue weighted by molar-refractivity contribution is -0.492. The van der Waals surface area contributed by atoms with Gasteiger partial charge in [0, 0.05) is 6.42 Å². The highest BCUT2D eigenvalue weighted by atomic mass is 17.1. The molecule has 9 heteroatoms. The number of ether oxygens (including phenoxy) is 1. The van der Waals surface area contributed by atoms with Gasteiger partial charge in [0.15, 0.2) is 0 Å². The van der Waals surface area contributed by atoms with Gasteiger partial charge < -0.3 is 15.6 Å². The van der Waals surface area contributed by atoms with Crippen molar-refractivity contribution in [2.45, 2.75) is 44.6 Å². The first-order valence-corrected chi connectivity index (χ1v) is 6.38. The van der Waals surface area contributed by atoms with E-state index < -0.39 is 18.0 Å². The second-order valence-electron chi connectivity index (χ2n) is 4.20. The summed E-state index contributed by atoms with van der Waals surface area (Å²) in [4.78, 5) is 26.0. The van der Waals surface area contributed by atoms with Gasteiger partial charge in [0.1, 0.15) is 6.04 Å². The predicted molar refractivity (Wildman–Crippen MR) is 65.6 cm³/mol. The molecule has 0 saturated heterocycles. The molecule has 0 bridgehead atoms. The maximum absolute atomic E-state index is 11.2.